The van der Waals surface area contributed by atoms with Crippen LogP contribution in [0.25, 0.3) is 0 Å². The van der Waals surface area contributed by atoms with Gasteiger partial charge >= 0.3 is 0 Å². The Morgan fingerprint density at radius 2 is 2.25 bits per heavy atom. The number of oxime groups is 1. The number of rotatable bonds is 2. The Labute approximate surface area is 71.3 Å². The standard InChI is InChI=1S/C9H11NO2/c1-7-5-8(6-10-12-2)3-4-9(7)11/h3-6,11H,1-2H3/b10-6-. The van der Waals surface area contributed by atoms with Crippen molar-refractivity contribution < 1.29 is 9.94 Å². The molecule has 0 fully saturated rings. The number of hydrogen-bond acceptors (Lipinski definition) is 3. The van der Waals surface area contributed by atoms with Crippen molar-refractivity contribution in [1.82, 2.24) is 0 Å². The van der Waals surface area contributed by atoms with Crippen LogP contribution in [-0.2, 0) is 4.84 Å². The molecule has 3 nitrogen and oxygen atoms in total. The monoisotopic (exact) mass is 165 g/mol. The van der Waals surface area contributed by atoms with E-state index >= 15 is 0 Å². The van der Waals surface area contributed by atoms with E-state index in [9.17, 15) is 5.11 Å². The molecule has 0 radical (unpaired) electrons. The van der Waals surface area contributed by atoms with Crippen molar-refractivity contribution in [3.63, 3.8) is 0 Å². The highest BCUT2D eigenvalue weighted by Gasteiger charge is 1.94. The van der Waals surface area contributed by atoms with Gasteiger partial charge in [0.05, 0.1) is 6.21 Å². The summed E-state index contributed by atoms with van der Waals surface area (Å²) in [5.74, 6) is 0.296. The van der Waals surface area contributed by atoms with Gasteiger partial charge in [-0.2, -0.15) is 0 Å². The van der Waals surface area contributed by atoms with E-state index in [0.717, 1.165) is 11.1 Å². The van der Waals surface area contributed by atoms with Crippen molar-refractivity contribution in [2.45, 2.75) is 6.92 Å². The second-order valence-corrected chi connectivity index (χ2v) is 2.46. The van der Waals surface area contributed by atoms with Crippen LogP contribution in [0.2, 0.25) is 0 Å². The molecule has 3 heteroatoms. The van der Waals surface area contributed by atoms with Gasteiger partial charge < -0.3 is 9.94 Å². The molecule has 1 N–H and O–H groups in total. The molecule has 0 saturated heterocycles. The first-order chi connectivity index (χ1) is 5.74. The van der Waals surface area contributed by atoms with E-state index in [-0.39, 0.29) is 0 Å². The summed E-state index contributed by atoms with van der Waals surface area (Å²) in [4.78, 5) is 4.52. The summed E-state index contributed by atoms with van der Waals surface area (Å²) in [6.07, 6.45) is 1.59. The highest BCUT2D eigenvalue weighted by atomic mass is 16.6. The minimum atomic E-state index is 0.296. The molecule has 0 bridgehead atoms. The first kappa shape index (κ1) is 8.59. The maximum atomic E-state index is 9.19. The zero-order chi connectivity index (χ0) is 8.97. The number of nitrogens with zero attached hydrogens (tertiary/aromatic N) is 1. The fraction of sp³-hybridized carbons (Fsp3) is 0.222. The van der Waals surface area contributed by atoms with Crippen LogP contribution >= 0.6 is 0 Å². The topological polar surface area (TPSA) is 41.8 Å². The van der Waals surface area contributed by atoms with Crippen molar-refractivity contribution in [1.29, 1.82) is 0 Å². The Balaban J connectivity index is 2.89. The van der Waals surface area contributed by atoms with Gasteiger partial charge in [0.25, 0.3) is 0 Å². The summed E-state index contributed by atoms with van der Waals surface area (Å²) in [7, 11) is 1.49. The number of phenols is 1. The van der Waals surface area contributed by atoms with Crippen LogP contribution in [0.3, 0.4) is 0 Å². The quantitative estimate of drug-likeness (QED) is 0.535. The van der Waals surface area contributed by atoms with Crippen LogP contribution < -0.4 is 0 Å². The first-order valence-electron chi connectivity index (χ1n) is 3.60. The zero-order valence-corrected chi connectivity index (χ0v) is 7.11. The van der Waals surface area contributed by atoms with Crippen molar-refractivity contribution in [2.24, 2.45) is 5.16 Å². The van der Waals surface area contributed by atoms with Gasteiger partial charge in [-0.05, 0) is 36.2 Å². The van der Waals surface area contributed by atoms with Gasteiger partial charge in [0, 0.05) is 0 Å². The molecule has 0 unspecified atom stereocenters. The molecule has 1 rings (SSSR count). The van der Waals surface area contributed by atoms with E-state index in [1.54, 1.807) is 18.3 Å². The number of aromatic hydroxyl groups is 1. The van der Waals surface area contributed by atoms with E-state index in [4.69, 9.17) is 0 Å². The Morgan fingerprint density at radius 1 is 1.50 bits per heavy atom. The summed E-state index contributed by atoms with van der Waals surface area (Å²) < 4.78 is 0. The Kier molecular flexibility index (Phi) is 2.69. The molecule has 64 valence electrons. The lowest BCUT2D eigenvalue weighted by Crippen LogP contribution is -1.83. The maximum Gasteiger partial charge on any atom is 0.118 e. The van der Waals surface area contributed by atoms with E-state index in [1.165, 1.54) is 7.11 Å². The van der Waals surface area contributed by atoms with Gasteiger partial charge in [-0.25, -0.2) is 0 Å². The second kappa shape index (κ2) is 3.76. The average molecular weight is 165 g/mol. The molecule has 0 heterocycles. The molecule has 0 aliphatic rings. The van der Waals surface area contributed by atoms with Crippen LogP contribution in [0.4, 0.5) is 0 Å². The number of benzene rings is 1. The second-order valence-electron chi connectivity index (χ2n) is 2.46. The molecule has 1 aromatic carbocycles. The molecular formula is C9H11NO2. The molecule has 0 spiro atoms. The first-order valence-corrected chi connectivity index (χ1v) is 3.60. The predicted octanol–water partition coefficient (Wildman–Crippen LogP) is 1.68. The van der Waals surface area contributed by atoms with Crippen molar-refractivity contribution in [3.05, 3.63) is 29.3 Å². The fourth-order valence-electron chi connectivity index (χ4n) is 0.873. The van der Waals surface area contributed by atoms with Gasteiger partial charge in [0.2, 0.25) is 0 Å². The summed E-state index contributed by atoms with van der Waals surface area (Å²) >= 11 is 0. The molecule has 0 aliphatic heterocycles. The average Bonchev–Trinajstić information content (AvgIpc) is 2.07. The van der Waals surface area contributed by atoms with Gasteiger partial charge in [-0.1, -0.05) is 5.16 Å². The third-order valence-corrected chi connectivity index (χ3v) is 1.53. The van der Waals surface area contributed by atoms with E-state index in [2.05, 4.69) is 9.99 Å². The van der Waals surface area contributed by atoms with Crippen molar-refractivity contribution in [2.75, 3.05) is 7.11 Å². The Hall–Kier alpha value is -1.51. The number of phenolic OH excluding ortho intramolecular Hbond substituents is 1. The fourth-order valence-corrected chi connectivity index (χ4v) is 0.873. The minimum Gasteiger partial charge on any atom is -0.508 e. The maximum absolute atomic E-state index is 9.19. The van der Waals surface area contributed by atoms with Gasteiger partial charge in [0.15, 0.2) is 0 Å². The lowest BCUT2D eigenvalue weighted by molar-refractivity contribution is 0.215. The summed E-state index contributed by atoms with van der Waals surface area (Å²) in [5.41, 5.74) is 1.74. The lowest BCUT2D eigenvalue weighted by Gasteiger charge is -1.98. The molecule has 0 aromatic heterocycles. The highest BCUT2D eigenvalue weighted by Crippen LogP contribution is 2.15. The van der Waals surface area contributed by atoms with Gasteiger partial charge in [-0.3, -0.25) is 0 Å². The SMILES string of the molecule is CO/N=C\c1ccc(O)c(C)c1. The van der Waals surface area contributed by atoms with E-state index in [0.29, 0.717) is 5.75 Å². The van der Waals surface area contributed by atoms with Crippen LogP contribution in [0.1, 0.15) is 11.1 Å². The van der Waals surface area contributed by atoms with Crippen molar-refractivity contribution in [3.8, 4) is 5.75 Å². The Morgan fingerprint density at radius 3 is 2.83 bits per heavy atom. The molecule has 1 aromatic rings. The number of aryl methyl sites for hydroxylation is 1. The smallest absolute Gasteiger partial charge is 0.118 e. The van der Waals surface area contributed by atoms with Gasteiger partial charge in [0.1, 0.15) is 12.9 Å². The third-order valence-electron chi connectivity index (χ3n) is 1.53. The lowest BCUT2D eigenvalue weighted by atomic mass is 10.1. The largest absolute Gasteiger partial charge is 0.508 e. The van der Waals surface area contributed by atoms with Crippen LogP contribution in [0.5, 0.6) is 5.75 Å². The molecule has 0 amide bonds. The molecule has 0 atom stereocenters. The third kappa shape index (κ3) is 1.99. The van der Waals surface area contributed by atoms with Gasteiger partial charge in [-0.15, -0.1) is 0 Å². The minimum absolute atomic E-state index is 0.296. The molecule has 0 aliphatic carbocycles. The summed E-state index contributed by atoms with van der Waals surface area (Å²) in [5, 5.41) is 12.8. The summed E-state index contributed by atoms with van der Waals surface area (Å²) in [6.45, 7) is 1.83. The Bertz CT molecular complexity index is 295. The normalized spacial score (nSPS) is 10.5. The zero-order valence-electron chi connectivity index (χ0n) is 7.11. The number of hydrogen-bond donors (Lipinski definition) is 1. The predicted molar refractivity (Wildman–Crippen MR) is 47.4 cm³/mol. The van der Waals surface area contributed by atoms with Crippen LogP contribution in [-0.4, -0.2) is 18.4 Å². The molecule has 12 heavy (non-hydrogen) atoms. The van der Waals surface area contributed by atoms with Crippen molar-refractivity contribution >= 4 is 6.21 Å². The van der Waals surface area contributed by atoms with Crippen LogP contribution in [0, 0.1) is 6.92 Å². The molecule has 0 saturated carbocycles. The highest BCUT2D eigenvalue weighted by molar-refractivity contribution is 5.79. The molecular weight excluding hydrogens is 154 g/mol. The van der Waals surface area contributed by atoms with E-state index < -0.39 is 0 Å². The summed E-state index contributed by atoms with van der Waals surface area (Å²) in [6, 6.07) is 5.23. The van der Waals surface area contributed by atoms with Crippen LogP contribution in [0.15, 0.2) is 23.4 Å². The van der Waals surface area contributed by atoms with E-state index in [1.807, 2.05) is 13.0 Å².